The quantitative estimate of drug-likeness (QED) is 0.643. The minimum Gasteiger partial charge on any atom is -0.456 e. The van der Waals surface area contributed by atoms with Gasteiger partial charge in [-0.1, -0.05) is 40.2 Å². The van der Waals surface area contributed by atoms with Crippen molar-refractivity contribution in [1.29, 1.82) is 0 Å². The number of sulfone groups is 1. The average molecular weight is 367 g/mol. The molecule has 3 rings (SSSR count). The molecule has 0 radical (unpaired) electrons. The van der Waals surface area contributed by atoms with Gasteiger partial charge in [0.25, 0.3) is 0 Å². The lowest BCUT2D eigenvalue weighted by Crippen LogP contribution is -2.20. The Bertz CT molecular complexity index is 912. The van der Waals surface area contributed by atoms with Crippen LogP contribution in [0.25, 0.3) is 21.9 Å². The summed E-state index contributed by atoms with van der Waals surface area (Å²) in [7, 11) is -3.10. The Morgan fingerprint density at radius 1 is 1.05 bits per heavy atom. The molecule has 0 saturated heterocycles. The number of para-hydroxylation sites is 1. The van der Waals surface area contributed by atoms with E-state index in [4.69, 9.17) is 4.42 Å². The van der Waals surface area contributed by atoms with Crippen LogP contribution in [0, 0.1) is 0 Å². The van der Waals surface area contributed by atoms with Crippen molar-refractivity contribution < 1.29 is 12.8 Å². The summed E-state index contributed by atoms with van der Waals surface area (Å²) in [4.78, 5) is -0.245. The van der Waals surface area contributed by atoms with E-state index in [1.165, 1.54) is 6.26 Å². The van der Waals surface area contributed by atoms with Crippen LogP contribution in [0.4, 0.5) is 0 Å². The van der Waals surface area contributed by atoms with E-state index in [0.29, 0.717) is 0 Å². The molecule has 21 heavy (non-hydrogen) atoms. The summed E-state index contributed by atoms with van der Waals surface area (Å²) in [5, 5.41) is 1.56. The fraction of sp³-hybridized carbons (Fsp3) is 0.250. The molecule has 2 aromatic carbocycles. The van der Waals surface area contributed by atoms with Gasteiger partial charge in [0.2, 0.25) is 0 Å². The highest BCUT2D eigenvalue weighted by molar-refractivity contribution is 9.09. The highest BCUT2D eigenvalue weighted by Crippen LogP contribution is 2.35. The zero-order valence-corrected chi connectivity index (χ0v) is 14.1. The number of alkyl halides is 1. The molecule has 0 fully saturated rings. The van der Waals surface area contributed by atoms with Crippen molar-refractivity contribution in [1.82, 2.24) is 0 Å². The zero-order chi connectivity index (χ0) is 15.2. The van der Waals surface area contributed by atoms with E-state index in [1.807, 2.05) is 42.5 Å². The van der Waals surface area contributed by atoms with Crippen LogP contribution in [-0.4, -0.2) is 19.9 Å². The summed E-state index contributed by atoms with van der Waals surface area (Å²) in [6.45, 7) is 1.71. The Balaban J connectivity index is 2.14. The van der Waals surface area contributed by atoms with Crippen LogP contribution in [0.3, 0.4) is 0 Å². The van der Waals surface area contributed by atoms with Crippen LogP contribution >= 0.6 is 15.9 Å². The van der Waals surface area contributed by atoms with Gasteiger partial charge in [-0.05, 0) is 30.7 Å². The van der Waals surface area contributed by atoms with Crippen molar-refractivity contribution >= 4 is 47.7 Å². The summed E-state index contributed by atoms with van der Waals surface area (Å²) < 4.78 is 29.2. The monoisotopic (exact) mass is 366 g/mol. The normalized spacial score (nSPS) is 15.4. The minimum atomic E-state index is -3.10. The van der Waals surface area contributed by atoms with Gasteiger partial charge in [0, 0.05) is 17.0 Å². The molecule has 3 nitrogen and oxygen atoms in total. The molecule has 2 atom stereocenters. The van der Waals surface area contributed by atoms with E-state index in [2.05, 4.69) is 15.9 Å². The number of halogens is 1. The third-order valence-corrected chi connectivity index (χ3v) is 7.10. The number of benzene rings is 2. The van der Waals surface area contributed by atoms with Crippen LogP contribution in [0.15, 0.2) is 46.9 Å². The topological polar surface area (TPSA) is 47.3 Å². The molecular formula is C16H15BrO3S. The standard InChI is InChI=1S/C16H15BrO3S/c1-10(21(2,18)19)16(17)11-7-8-15-13(9-11)12-5-3-4-6-14(12)20-15/h3-10,16H,1-2H3. The molecule has 0 aliphatic rings. The highest BCUT2D eigenvalue weighted by atomic mass is 79.9. The van der Waals surface area contributed by atoms with Crippen LogP contribution in [0.5, 0.6) is 0 Å². The van der Waals surface area contributed by atoms with Crippen molar-refractivity contribution in [2.24, 2.45) is 0 Å². The highest BCUT2D eigenvalue weighted by Gasteiger charge is 2.25. The first-order chi connectivity index (χ1) is 9.88. The Hall–Kier alpha value is -1.33. The molecular weight excluding hydrogens is 352 g/mol. The van der Waals surface area contributed by atoms with Gasteiger partial charge >= 0.3 is 0 Å². The molecule has 0 N–H and O–H groups in total. The number of hydrogen-bond acceptors (Lipinski definition) is 3. The van der Waals surface area contributed by atoms with Crippen LogP contribution < -0.4 is 0 Å². The molecule has 0 amide bonds. The number of rotatable bonds is 3. The first-order valence-electron chi connectivity index (χ1n) is 6.62. The van der Waals surface area contributed by atoms with Gasteiger partial charge in [-0.3, -0.25) is 0 Å². The Morgan fingerprint density at radius 3 is 2.43 bits per heavy atom. The second kappa shape index (κ2) is 5.14. The van der Waals surface area contributed by atoms with Gasteiger partial charge in [0.15, 0.2) is 9.84 Å². The summed E-state index contributed by atoms with van der Waals surface area (Å²) in [6.07, 6.45) is 1.26. The molecule has 1 aromatic heterocycles. The Morgan fingerprint density at radius 2 is 1.71 bits per heavy atom. The Kier molecular flexibility index (Phi) is 3.58. The minimum absolute atomic E-state index is 0.245. The molecule has 1 heterocycles. The largest absolute Gasteiger partial charge is 0.456 e. The van der Waals surface area contributed by atoms with Crippen molar-refractivity contribution in [2.45, 2.75) is 17.0 Å². The third kappa shape index (κ3) is 2.60. The van der Waals surface area contributed by atoms with Gasteiger partial charge in [0.05, 0.1) is 10.1 Å². The van der Waals surface area contributed by atoms with Crippen molar-refractivity contribution in [2.75, 3.05) is 6.26 Å². The lowest BCUT2D eigenvalue weighted by molar-refractivity contribution is 0.588. The van der Waals surface area contributed by atoms with Gasteiger partial charge in [-0.15, -0.1) is 0 Å². The molecule has 2 unspecified atom stereocenters. The fourth-order valence-corrected chi connectivity index (χ4v) is 4.46. The van der Waals surface area contributed by atoms with Gasteiger partial charge in [-0.2, -0.15) is 0 Å². The van der Waals surface area contributed by atoms with E-state index in [-0.39, 0.29) is 4.83 Å². The second-order valence-electron chi connectivity index (χ2n) is 5.29. The van der Waals surface area contributed by atoms with Crippen LogP contribution in [-0.2, 0) is 9.84 Å². The molecule has 0 aliphatic carbocycles. The summed E-state index contributed by atoms with van der Waals surface area (Å²) >= 11 is 3.52. The van der Waals surface area contributed by atoms with E-state index in [1.54, 1.807) is 6.92 Å². The van der Waals surface area contributed by atoms with E-state index in [9.17, 15) is 8.42 Å². The molecule has 110 valence electrons. The van der Waals surface area contributed by atoms with Crippen molar-refractivity contribution in [3.05, 3.63) is 48.0 Å². The van der Waals surface area contributed by atoms with Gasteiger partial charge < -0.3 is 4.42 Å². The molecule has 0 aliphatic heterocycles. The summed E-state index contributed by atoms with van der Waals surface area (Å²) in [5.74, 6) is 0. The summed E-state index contributed by atoms with van der Waals surface area (Å²) in [6, 6.07) is 13.6. The lowest BCUT2D eigenvalue weighted by atomic mass is 10.1. The van der Waals surface area contributed by atoms with Crippen molar-refractivity contribution in [3.63, 3.8) is 0 Å². The third-order valence-electron chi connectivity index (χ3n) is 3.81. The summed E-state index contributed by atoms with van der Waals surface area (Å²) in [5.41, 5.74) is 2.59. The predicted octanol–water partition coefficient (Wildman–Crippen LogP) is 4.46. The van der Waals surface area contributed by atoms with E-state index < -0.39 is 15.1 Å². The van der Waals surface area contributed by atoms with E-state index >= 15 is 0 Å². The maximum Gasteiger partial charge on any atom is 0.151 e. The first kappa shape index (κ1) is 14.6. The fourth-order valence-electron chi connectivity index (χ4n) is 2.40. The molecule has 3 aromatic rings. The second-order valence-corrected chi connectivity index (χ2v) is 8.68. The molecule has 5 heteroatoms. The van der Waals surface area contributed by atoms with Crippen molar-refractivity contribution in [3.8, 4) is 0 Å². The van der Waals surface area contributed by atoms with Crippen LogP contribution in [0.1, 0.15) is 17.3 Å². The average Bonchev–Trinajstić information content (AvgIpc) is 2.82. The lowest BCUT2D eigenvalue weighted by Gasteiger charge is -2.17. The zero-order valence-electron chi connectivity index (χ0n) is 11.7. The number of fused-ring (bicyclic) bond motifs is 3. The van der Waals surface area contributed by atoms with Gasteiger partial charge in [-0.25, -0.2) is 8.42 Å². The predicted molar refractivity (Wildman–Crippen MR) is 89.7 cm³/mol. The van der Waals surface area contributed by atoms with Crippen LogP contribution in [0.2, 0.25) is 0 Å². The maximum atomic E-state index is 11.7. The molecule has 0 saturated carbocycles. The smallest absolute Gasteiger partial charge is 0.151 e. The number of furan rings is 1. The first-order valence-corrected chi connectivity index (χ1v) is 9.49. The SMILES string of the molecule is CC(C(Br)c1ccc2oc3ccccc3c2c1)S(C)(=O)=O. The molecule has 0 bridgehead atoms. The Labute approximate surface area is 132 Å². The van der Waals surface area contributed by atoms with E-state index in [0.717, 1.165) is 27.5 Å². The van der Waals surface area contributed by atoms with Gasteiger partial charge in [0.1, 0.15) is 11.2 Å². The molecule has 0 spiro atoms. The number of hydrogen-bond donors (Lipinski definition) is 0. The maximum absolute atomic E-state index is 11.7.